The van der Waals surface area contributed by atoms with Crippen LogP contribution in [-0.4, -0.2) is 76.7 Å². The van der Waals surface area contributed by atoms with Gasteiger partial charge in [-0.15, -0.1) is 0 Å². The number of imidazole rings is 1. The Balaban J connectivity index is 1.43. The van der Waals surface area contributed by atoms with Gasteiger partial charge in [0, 0.05) is 44.8 Å². The molecular weight excluding hydrogens is 430 g/mol. The highest BCUT2D eigenvalue weighted by molar-refractivity contribution is 6.32. The smallest absolute Gasteiger partial charge is 0.244 e. The summed E-state index contributed by atoms with van der Waals surface area (Å²) in [6.07, 6.45) is 7.50. The Labute approximate surface area is 192 Å². The van der Waals surface area contributed by atoms with Gasteiger partial charge in [-0.2, -0.15) is 4.98 Å². The number of benzene rings is 1. The number of halogens is 1. The van der Waals surface area contributed by atoms with Crippen LogP contribution in [0.4, 0.5) is 5.82 Å². The number of ether oxygens (including phenoxy) is 1. The molecule has 1 aromatic carbocycles. The minimum atomic E-state index is -0.348. The lowest BCUT2D eigenvalue weighted by molar-refractivity contribution is -0.123. The van der Waals surface area contributed by atoms with Crippen molar-refractivity contribution in [2.45, 2.75) is 12.5 Å². The van der Waals surface area contributed by atoms with E-state index in [4.69, 9.17) is 16.3 Å². The second kappa shape index (κ2) is 9.97. The van der Waals surface area contributed by atoms with Crippen molar-refractivity contribution in [1.29, 1.82) is 0 Å². The number of carbonyl (C=O) groups is 1. The number of hydrogen-bond acceptors (Lipinski definition) is 7. The molecule has 10 heteroatoms. The van der Waals surface area contributed by atoms with Gasteiger partial charge < -0.3 is 19.9 Å². The van der Waals surface area contributed by atoms with Crippen molar-refractivity contribution in [1.82, 2.24) is 29.7 Å². The van der Waals surface area contributed by atoms with E-state index < -0.39 is 0 Å². The molecule has 0 radical (unpaired) electrons. The van der Waals surface area contributed by atoms with Gasteiger partial charge in [0.2, 0.25) is 11.9 Å². The fraction of sp³-hybridized carbons (Fsp3) is 0.364. The molecule has 1 aliphatic rings. The Hall–Kier alpha value is -3.17. The molecule has 0 spiro atoms. The first-order valence-electron chi connectivity index (χ1n) is 10.4. The summed E-state index contributed by atoms with van der Waals surface area (Å²) in [6, 6.07) is 7.15. The molecule has 0 bridgehead atoms. The lowest BCUT2D eigenvalue weighted by atomic mass is 10.1. The van der Waals surface area contributed by atoms with Crippen LogP contribution in [0, 0.1) is 0 Å². The number of nitrogens with zero attached hydrogens (tertiary/aromatic N) is 6. The molecule has 3 aromatic rings. The zero-order valence-corrected chi connectivity index (χ0v) is 18.9. The third-order valence-electron chi connectivity index (χ3n) is 5.47. The molecule has 168 valence electrons. The number of piperazine rings is 1. The number of rotatable bonds is 7. The highest BCUT2D eigenvalue weighted by atomic mass is 35.5. The second-order valence-corrected chi connectivity index (χ2v) is 8.07. The van der Waals surface area contributed by atoms with Gasteiger partial charge in [0.05, 0.1) is 12.1 Å². The van der Waals surface area contributed by atoms with Gasteiger partial charge in [-0.05, 0) is 37.2 Å². The molecule has 0 aliphatic carbocycles. The Kier molecular flexibility index (Phi) is 6.87. The molecule has 1 aliphatic heterocycles. The molecular formula is C22H26ClN7O2. The van der Waals surface area contributed by atoms with E-state index in [2.05, 4.69) is 25.2 Å². The van der Waals surface area contributed by atoms with Crippen LogP contribution in [-0.2, 0) is 11.2 Å². The average Bonchev–Trinajstić information content (AvgIpc) is 3.34. The minimum Gasteiger partial charge on any atom is -0.495 e. The molecule has 1 unspecified atom stereocenters. The van der Waals surface area contributed by atoms with Crippen LogP contribution in [0.25, 0.3) is 5.95 Å². The van der Waals surface area contributed by atoms with Gasteiger partial charge in [0.25, 0.3) is 0 Å². The maximum atomic E-state index is 13.1. The van der Waals surface area contributed by atoms with Gasteiger partial charge in [-0.1, -0.05) is 17.7 Å². The van der Waals surface area contributed by atoms with Crippen LogP contribution in [0.3, 0.4) is 0 Å². The van der Waals surface area contributed by atoms with Crippen LogP contribution >= 0.6 is 11.6 Å². The fourth-order valence-electron chi connectivity index (χ4n) is 3.73. The van der Waals surface area contributed by atoms with Crippen LogP contribution in [0.5, 0.6) is 5.75 Å². The van der Waals surface area contributed by atoms with Crippen molar-refractivity contribution in [2.75, 3.05) is 45.2 Å². The SMILES string of the molecule is COc1ccc(CCNC(=O)C2CN(C)CCN2c2ccnc(-n3ccnc3)n2)cc1Cl. The topological polar surface area (TPSA) is 88.4 Å². The molecule has 1 N–H and O–H groups in total. The predicted octanol–water partition coefficient (Wildman–Crippen LogP) is 1.80. The zero-order valence-electron chi connectivity index (χ0n) is 18.1. The summed E-state index contributed by atoms with van der Waals surface area (Å²) in [5.74, 6) is 1.85. The van der Waals surface area contributed by atoms with Crippen molar-refractivity contribution in [2.24, 2.45) is 0 Å². The van der Waals surface area contributed by atoms with Crippen molar-refractivity contribution in [3.05, 3.63) is 59.8 Å². The first kappa shape index (κ1) is 22.0. The number of nitrogens with one attached hydrogen (secondary N) is 1. The molecule has 1 atom stereocenters. The van der Waals surface area contributed by atoms with Crippen LogP contribution in [0.2, 0.25) is 5.02 Å². The first-order chi connectivity index (χ1) is 15.5. The number of aromatic nitrogens is 4. The average molecular weight is 456 g/mol. The number of anilines is 1. The summed E-state index contributed by atoms with van der Waals surface area (Å²) in [4.78, 5) is 30.3. The molecule has 9 nitrogen and oxygen atoms in total. The maximum Gasteiger partial charge on any atom is 0.244 e. The molecule has 3 heterocycles. The molecule has 32 heavy (non-hydrogen) atoms. The highest BCUT2D eigenvalue weighted by Gasteiger charge is 2.32. The molecule has 1 saturated heterocycles. The van der Waals surface area contributed by atoms with E-state index in [1.165, 1.54) is 0 Å². The number of amides is 1. The van der Waals surface area contributed by atoms with E-state index in [1.807, 2.05) is 36.2 Å². The second-order valence-electron chi connectivity index (χ2n) is 7.67. The summed E-state index contributed by atoms with van der Waals surface area (Å²) >= 11 is 6.20. The van der Waals surface area contributed by atoms with Crippen molar-refractivity contribution >= 4 is 23.3 Å². The monoisotopic (exact) mass is 455 g/mol. The highest BCUT2D eigenvalue weighted by Crippen LogP contribution is 2.25. The molecule has 4 rings (SSSR count). The zero-order chi connectivity index (χ0) is 22.5. The standard InChI is InChI=1S/C22H26ClN7O2/c1-28-11-12-30(20-6-8-26-22(27-20)29-10-9-24-15-29)18(14-28)21(31)25-7-5-16-3-4-19(32-2)17(23)13-16/h3-4,6,8-10,13,15,18H,5,7,11-12,14H2,1-2H3,(H,25,31). The fourth-order valence-corrected chi connectivity index (χ4v) is 4.01. The van der Waals surface area contributed by atoms with Gasteiger partial charge in [-0.25, -0.2) is 9.97 Å². The Morgan fingerprint density at radius 2 is 2.16 bits per heavy atom. The van der Waals surface area contributed by atoms with Gasteiger partial charge >= 0.3 is 0 Å². The van der Waals surface area contributed by atoms with E-state index in [9.17, 15) is 4.79 Å². The van der Waals surface area contributed by atoms with Crippen LogP contribution in [0.1, 0.15) is 5.56 Å². The molecule has 1 fully saturated rings. The lowest BCUT2D eigenvalue weighted by Gasteiger charge is -2.39. The van der Waals surface area contributed by atoms with E-state index >= 15 is 0 Å². The van der Waals surface area contributed by atoms with Crippen molar-refractivity contribution in [3.8, 4) is 11.7 Å². The van der Waals surface area contributed by atoms with Gasteiger partial charge in [-0.3, -0.25) is 9.36 Å². The largest absolute Gasteiger partial charge is 0.495 e. The van der Waals surface area contributed by atoms with E-state index in [1.54, 1.807) is 36.6 Å². The number of methoxy groups -OCH3 is 1. The number of likely N-dealkylation sites (N-methyl/N-ethyl adjacent to an activating group) is 1. The molecule has 2 aromatic heterocycles. The summed E-state index contributed by atoms with van der Waals surface area (Å²) in [6.45, 7) is 2.67. The van der Waals surface area contributed by atoms with Gasteiger partial charge in [0.1, 0.15) is 23.9 Å². The minimum absolute atomic E-state index is 0.0287. The summed E-state index contributed by atoms with van der Waals surface area (Å²) in [5, 5.41) is 3.63. The Morgan fingerprint density at radius 3 is 2.91 bits per heavy atom. The molecule has 0 saturated carbocycles. The third kappa shape index (κ3) is 5.00. The van der Waals surface area contributed by atoms with Gasteiger partial charge in [0.15, 0.2) is 0 Å². The first-order valence-corrected chi connectivity index (χ1v) is 10.8. The van der Waals surface area contributed by atoms with Crippen LogP contribution < -0.4 is 15.0 Å². The van der Waals surface area contributed by atoms with E-state index in [-0.39, 0.29) is 11.9 Å². The third-order valence-corrected chi connectivity index (χ3v) is 5.77. The van der Waals surface area contributed by atoms with E-state index in [0.29, 0.717) is 42.8 Å². The normalized spacial score (nSPS) is 16.7. The Bertz CT molecular complexity index is 1060. The van der Waals surface area contributed by atoms with Crippen molar-refractivity contribution in [3.63, 3.8) is 0 Å². The maximum absolute atomic E-state index is 13.1. The lowest BCUT2D eigenvalue weighted by Crippen LogP contribution is -2.58. The quantitative estimate of drug-likeness (QED) is 0.581. The Morgan fingerprint density at radius 1 is 1.28 bits per heavy atom. The molecule has 1 amide bonds. The number of hydrogen-bond donors (Lipinski definition) is 1. The summed E-state index contributed by atoms with van der Waals surface area (Å²) in [5.41, 5.74) is 1.04. The summed E-state index contributed by atoms with van der Waals surface area (Å²) in [7, 11) is 3.61. The predicted molar refractivity (Wildman–Crippen MR) is 123 cm³/mol. The van der Waals surface area contributed by atoms with Crippen LogP contribution in [0.15, 0.2) is 49.2 Å². The number of carbonyl (C=O) groups excluding carboxylic acids is 1. The van der Waals surface area contributed by atoms with Crippen molar-refractivity contribution < 1.29 is 9.53 Å². The summed E-state index contributed by atoms with van der Waals surface area (Å²) < 4.78 is 6.94. The van der Waals surface area contributed by atoms with E-state index in [0.717, 1.165) is 17.9 Å².